The van der Waals surface area contributed by atoms with Crippen LogP contribution >= 0.6 is 0 Å². The van der Waals surface area contributed by atoms with E-state index in [9.17, 15) is 92.2 Å². The van der Waals surface area contributed by atoms with Gasteiger partial charge in [0.1, 0.15) is 0 Å². The Kier molecular flexibility index (Phi) is 14.3. The van der Waals surface area contributed by atoms with Crippen LogP contribution in [0.15, 0.2) is 0 Å². The van der Waals surface area contributed by atoms with Gasteiger partial charge in [0.15, 0.2) is 0 Å². The largest absolute Gasteiger partial charge is 0.460 e. The van der Waals surface area contributed by atoms with Crippen molar-refractivity contribution in [3.8, 4) is 0 Å². The average molecular weight is 740 g/mol. The number of halogens is 21. The molecule has 0 aliphatic heterocycles. The number of alkyl halides is 21. The molecule has 0 aliphatic rings. The van der Waals surface area contributed by atoms with Crippen molar-refractivity contribution in [1.82, 2.24) is 0 Å². The maximum Gasteiger partial charge on any atom is 0.460 e. The van der Waals surface area contributed by atoms with E-state index in [1.165, 1.54) is 0 Å². The number of hydrogen-bond acceptors (Lipinski definition) is 5. The molecule has 0 atom stereocenters. The fourth-order valence-electron chi connectivity index (χ4n) is 2.77. The minimum Gasteiger partial charge on any atom is -0.394 e. The highest BCUT2D eigenvalue weighted by molar-refractivity contribution is 5.17. The summed E-state index contributed by atoms with van der Waals surface area (Å²) in [7, 11) is 0. The first-order valence-corrected chi connectivity index (χ1v) is 11.7. The number of aliphatic hydroxyl groups excluding tert-OH is 1. The zero-order valence-corrected chi connectivity index (χ0v) is 22.1. The second kappa shape index (κ2) is 14.8. The molecule has 0 saturated heterocycles. The minimum absolute atomic E-state index is 0.00315. The normalized spacial score (nSPS) is 15.5. The van der Waals surface area contributed by atoms with Crippen molar-refractivity contribution in [2.24, 2.45) is 0 Å². The topological polar surface area (TPSA) is 57.2 Å². The molecule has 0 spiro atoms. The molecule has 0 heterocycles. The summed E-state index contributed by atoms with van der Waals surface area (Å²) in [5, 5.41) is 8.44. The van der Waals surface area contributed by atoms with Gasteiger partial charge < -0.3 is 24.1 Å². The smallest absolute Gasteiger partial charge is 0.394 e. The molecule has 0 aromatic rings. The Bertz CT molecular complexity index is 937. The number of aliphatic hydroxyl groups is 1. The predicted molar refractivity (Wildman–Crippen MR) is 106 cm³/mol. The molecule has 0 bridgehead atoms. The maximum absolute atomic E-state index is 13.8. The van der Waals surface area contributed by atoms with Gasteiger partial charge in [0, 0.05) is 6.42 Å². The molecule has 26 heteroatoms. The Morgan fingerprint density at radius 3 is 0.826 bits per heavy atom. The van der Waals surface area contributed by atoms with Gasteiger partial charge in [-0.25, -0.2) is 0 Å². The van der Waals surface area contributed by atoms with Crippen molar-refractivity contribution in [1.29, 1.82) is 0 Å². The van der Waals surface area contributed by atoms with Crippen LogP contribution in [0.25, 0.3) is 0 Å². The second-order valence-electron chi connectivity index (χ2n) is 8.72. The van der Waals surface area contributed by atoms with Gasteiger partial charge >= 0.3 is 59.5 Å². The van der Waals surface area contributed by atoms with Crippen molar-refractivity contribution in [2.75, 3.05) is 59.5 Å². The van der Waals surface area contributed by atoms with Gasteiger partial charge in [-0.05, 0) is 0 Å². The standard InChI is InChI=1S/C20H21F21O5/c21-11(22,1-3-43-5-7-45-9-10-46-8-6-44-4-2-42)12(23,24)13(25,26)14(27,28)15(29,30)16(31,32)17(33,34)18(35,36)19(37,38)20(39,40)41/h42H,1-10H2. The molecule has 5 nitrogen and oxygen atoms in total. The monoisotopic (exact) mass is 740 g/mol. The molecule has 46 heavy (non-hydrogen) atoms. The number of ether oxygens (including phenoxy) is 4. The van der Waals surface area contributed by atoms with Gasteiger partial charge in [-0.3, -0.25) is 0 Å². The number of hydrogen-bond donors (Lipinski definition) is 1. The molecular weight excluding hydrogens is 719 g/mol. The van der Waals surface area contributed by atoms with Crippen molar-refractivity contribution in [2.45, 2.75) is 65.9 Å². The molecule has 0 fully saturated rings. The molecule has 0 aromatic carbocycles. The first-order chi connectivity index (χ1) is 20.3. The highest BCUT2D eigenvalue weighted by Crippen LogP contribution is 2.66. The highest BCUT2D eigenvalue weighted by Gasteiger charge is 2.97. The third kappa shape index (κ3) is 7.96. The molecule has 1 N–H and O–H groups in total. The first kappa shape index (κ1) is 44.3. The van der Waals surface area contributed by atoms with Crippen LogP contribution in [0.1, 0.15) is 6.42 Å². The lowest BCUT2D eigenvalue weighted by Crippen LogP contribution is -2.76. The quantitative estimate of drug-likeness (QED) is 0.0989. The lowest BCUT2D eigenvalue weighted by atomic mass is 9.86. The highest BCUT2D eigenvalue weighted by atomic mass is 19.4. The van der Waals surface area contributed by atoms with Gasteiger partial charge in [0.2, 0.25) is 0 Å². The molecule has 0 radical (unpaired) electrons. The summed E-state index contributed by atoms with van der Waals surface area (Å²) in [4.78, 5) is 0. The molecule has 0 saturated carbocycles. The third-order valence-corrected chi connectivity index (χ3v) is 5.49. The van der Waals surface area contributed by atoms with E-state index in [2.05, 4.69) is 4.74 Å². The molecular formula is C20H21F21O5. The SMILES string of the molecule is OCCOCCOCCOCCOCCC(F)(F)C(F)(F)C(F)(F)C(F)(F)C(F)(F)C(F)(F)C(F)(F)C(F)(F)C(F)(F)C(F)(F)F. The summed E-state index contributed by atoms with van der Waals surface area (Å²) in [5.74, 6) is -77.1. The van der Waals surface area contributed by atoms with E-state index in [4.69, 9.17) is 19.3 Å². The van der Waals surface area contributed by atoms with E-state index in [0.717, 1.165) is 0 Å². The van der Waals surface area contributed by atoms with Gasteiger partial charge in [-0.15, -0.1) is 0 Å². The van der Waals surface area contributed by atoms with Gasteiger partial charge in [-0.2, -0.15) is 92.2 Å². The van der Waals surface area contributed by atoms with Gasteiger partial charge in [0.25, 0.3) is 0 Å². The van der Waals surface area contributed by atoms with Crippen LogP contribution in [-0.2, 0) is 18.9 Å². The molecule has 0 unspecified atom stereocenters. The van der Waals surface area contributed by atoms with Crippen LogP contribution in [0.3, 0.4) is 0 Å². The Balaban J connectivity index is 5.73. The van der Waals surface area contributed by atoms with E-state index in [1.54, 1.807) is 0 Å². The van der Waals surface area contributed by atoms with E-state index in [0.29, 0.717) is 0 Å². The van der Waals surface area contributed by atoms with Crippen LogP contribution in [0.4, 0.5) is 92.2 Å². The summed E-state index contributed by atoms with van der Waals surface area (Å²) in [6.07, 6.45) is -10.9. The summed E-state index contributed by atoms with van der Waals surface area (Å²) in [6.45, 7) is -3.83. The van der Waals surface area contributed by atoms with E-state index in [1.807, 2.05) is 0 Å². The summed E-state index contributed by atoms with van der Waals surface area (Å²) in [6, 6.07) is 0. The van der Waals surface area contributed by atoms with Crippen molar-refractivity contribution >= 4 is 0 Å². The summed E-state index contributed by atoms with van der Waals surface area (Å²) >= 11 is 0. The van der Waals surface area contributed by atoms with Crippen LogP contribution in [-0.4, -0.2) is 124 Å². The van der Waals surface area contributed by atoms with Crippen LogP contribution in [0.2, 0.25) is 0 Å². The summed E-state index contributed by atoms with van der Waals surface area (Å²) < 4.78 is 299. The van der Waals surface area contributed by atoms with Crippen LogP contribution in [0, 0.1) is 0 Å². The van der Waals surface area contributed by atoms with Crippen molar-refractivity contribution in [3.63, 3.8) is 0 Å². The minimum atomic E-state index is -9.20. The zero-order valence-electron chi connectivity index (χ0n) is 22.1. The zero-order chi connectivity index (χ0) is 36.9. The lowest BCUT2D eigenvalue weighted by Gasteiger charge is -2.44. The average Bonchev–Trinajstić information content (AvgIpc) is 2.89. The Morgan fingerprint density at radius 1 is 0.304 bits per heavy atom. The predicted octanol–water partition coefficient (Wildman–Crippen LogP) is 6.72. The van der Waals surface area contributed by atoms with E-state index in [-0.39, 0.29) is 39.6 Å². The second-order valence-corrected chi connectivity index (χ2v) is 8.72. The summed E-state index contributed by atoms with van der Waals surface area (Å²) in [5.41, 5.74) is 0. The van der Waals surface area contributed by atoms with Gasteiger partial charge in [-0.1, -0.05) is 0 Å². The van der Waals surface area contributed by atoms with Crippen LogP contribution < -0.4 is 0 Å². The lowest BCUT2D eigenvalue weighted by molar-refractivity contribution is -0.474. The third-order valence-electron chi connectivity index (χ3n) is 5.49. The fourth-order valence-corrected chi connectivity index (χ4v) is 2.77. The molecule has 0 rings (SSSR count). The molecule has 0 aromatic heterocycles. The molecule has 278 valence electrons. The first-order valence-electron chi connectivity index (χ1n) is 11.7. The van der Waals surface area contributed by atoms with Crippen molar-refractivity contribution < 1.29 is 116 Å². The Hall–Kier alpha value is -1.67. The van der Waals surface area contributed by atoms with Crippen molar-refractivity contribution in [3.05, 3.63) is 0 Å². The van der Waals surface area contributed by atoms with E-state index >= 15 is 0 Å². The van der Waals surface area contributed by atoms with E-state index < -0.39 is 85.7 Å². The fraction of sp³-hybridized carbons (Fsp3) is 1.00. The Labute approximate surface area is 242 Å². The van der Waals surface area contributed by atoms with Gasteiger partial charge in [0.05, 0.1) is 59.5 Å². The molecule has 0 amide bonds. The maximum atomic E-state index is 13.8. The molecule has 0 aliphatic carbocycles. The van der Waals surface area contributed by atoms with Crippen LogP contribution in [0.5, 0.6) is 0 Å². The Morgan fingerprint density at radius 2 is 0.543 bits per heavy atom. The number of rotatable bonds is 22.